The molecular weight excluding hydrogens is 356 g/mol. The van der Waals surface area contributed by atoms with Crippen LogP contribution in [0.15, 0.2) is 41.6 Å². The topological polar surface area (TPSA) is 85.1 Å². The first-order chi connectivity index (χ1) is 13.5. The lowest BCUT2D eigenvalue weighted by atomic mass is 10.1. The zero-order chi connectivity index (χ0) is 20.1. The number of hydrogen-bond donors (Lipinski definition) is 1. The lowest BCUT2D eigenvalue weighted by molar-refractivity contribution is -0.121. The molecule has 0 spiro atoms. The molecule has 1 amide bonds. The van der Waals surface area contributed by atoms with E-state index in [1.165, 1.54) is 27.3 Å². The summed E-state index contributed by atoms with van der Waals surface area (Å²) < 4.78 is 2.84. The van der Waals surface area contributed by atoms with Crippen LogP contribution in [0.25, 0.3) is 11.0 Å². The summed E-state index contributed by atoms with van der Waals surface area (Å²) in [4.78, 5) is 31.4. The fourth-order valence-electron chi connectivity index (χ4n) is 3.16. The van der Waals surface area contributed by atoms with Gasteiger partial charge in [-0.05, 0) is 24.2 Å². The molecule has 8 nitrogen and oxygen atoms in total. The van der Waals surface area contributed by atoms with E-state index in [0.29, 0.717) is 17.6 Å². The molecule has 1 N–H and O–H groups in total. The van der Waals surface area contributed by atoms with Gasteiger partial charge in [-0.2, -0.15) is 5.10 Å². The van der Waals surface area contributed by atoms with Gasteiger partial charge in [-0.1, -0.05) is 38.1 Å². The van der Waals surface area contributed by atoms with Crippen molar-refractivity contribution >= 4 is 16.9 Å². The van der Waals surface area contributed by atoms with Crippen LogP contribution in [0.1, 0.15) is 25.0 Å². The number of carbonyl (C=O) groups excluding carboxylic acids is 1. The van der Waals surface area contributed by atoms with Crippen LogP contribution in [-0.4, -0.2) is 43.2 Å². The summed E-state index contributed by atoms with van der Waals surface area (Å²) in [7, 11) is 1.72. The second-order valence-corrected chi connectivity index (χ2v) is 6.69. The Morgan fingerprint density at radius 2 is 1.89 bits per heavy atom. The smallest absolute Gasteiger partial charge is 0.264 e. The molecule has 3 rings (SSSR count). The van der Waals surface area contributed by atoms with Crippen molar-refractivity contribution in [3.8, 4) is 0 Å². The normalized spacial score (nSPS) is 11.3. The first-order valence-corrected chi connectivity index (χ1v) is 9.46. The highest BCUT2D eigenvalue weighted by atomic mass is 16.2. The van der Waals surface area contributed by atoms with E-state index in [2.05, 4.69) is 40.2 Å². The van der Waals surface area contributed by atoms with Crippen molar-refractivity contribution in [1.29, 1.82) is 0 Å². The number of nitrogens with one attached hydrogen (secondary N) is 1. The van der Waals surface area contributed by atoms with Crippen LogP contribution in [0.3, 0.4) is 0 Å². The Hall–Kier alpha value is -3.00. The molecule has 148 valence electrons. The minimum Gasteiger partial charge on any atom is -0.350 e. The molecule has 0 saturated heterocycles. The van der Waals surface area contributed by atoms with Gasteiger partial charge in [0.1, 0.15) is 18.3 Å². The minimum atomic E-state index is -0.268. The summed E-state index contributed by atoms with van der Waals surface area (Å²) in [5.74, 6) is -0.232. The SMILES string of the molecule is CCN(CC)Cc1ccccc1CNC(=O)Cn1cnc2c(cnn2C)c1=O. The van der Waals surface area contributed by atoms with E-state index in [-0.39, 0.29) is 18.0 Å². The van der Waals surface area contributed by atoms with E-state index in [9.17, 15) is 9.59 Å². The third-order valence-electron chi connectivity index (χ3n) is 4.91. The average Bonchev–Trinajstić information content (AvgIpc) is 3.09. The molecule has 8 heteroatoms. The van der Waals surface area contributed by atoms with Gasteiger partial charge in [0.2, 0.25) is 5.91 Å². The van der Waals surface area contributed by atoms with E-state index in [4.69, 9.17) is 0 Å². The number of amides is 1. The standard InChI is InChI=1S/C20H26N6O2/c1-4-25(5-2)12-16-9-7-6-8-15(16)10-21-18(27)13-26-14-22-19-17(20(26)28)11-23-24(19)3/h6-9,11,14H,4-5,10,12-13H2,1-3H3,(H,21,27). The summed E-state index contributed by atoms with van der Waals surface area (Å²) in [6.45, 7) is 7.42. The maximum absolute atomic E-state index is 12.5. The predicted octanol–water partition coefficient (Wildman–Crippen LogP) is 1.29. The van der Waals surface area contributed by atoms with Gasteiger partial charge in [0.15, 0.2) is 5.65 Å². The number of carbonyl (C=O) groups is 1. The van der Waals surface area contributed by atoms with Crippen molar-refractivity contribution in [2.24, 2.45) is 7.05 Å². The molecule has 0 atom stereocenters. The monoisotopic (exact) mass is 382 g/mol. The molecule has 0 radical (unpaired) electrons. The largest absolute Gasteiger partial charge is 0.350 e. The van der Waals surface area contributed by atoms with E-state index in [1.807, 2.05) is 18.2 Å². The van der Waals surface area contributed by atoms with Crippen LogP contribution < -0.4 is 10.9 Å². The number of benzene rings is 1. The first-order valence-electron chi connectivity index (χ1n) is 9.46. The summed E-state index contributed by atoms with van der Waals surface area (Å²) in [6.07, 6.45) is 2.86. The van der Waals surface area contributed by atoms with E-state index in [0.717, 1.165) is 25.2 Å². The Bertz CT molecular complexity index is 1020. The first kappa shape index (κ1) is 19.8. The number of aryl methyl sites for hydroxylation is 1. The maximum atomic E-state index is 12.5. The third-order valence-corrected chi connectivity index (χ3v) is 4.91. The molecule has 28 heavy (non-hydrogen) atoms. The van der Waals surface area contributed by atoms with Crippen molar-refractivity contribution in [2.45, 2.75) is 33.5 Å². The van der Waals surface area contributed by atoms with E-state index >= 15 is 0 Å². The van der Waals surface area contributed by atoms with Gasteiger partial charge >= 0.3 is 0 Å². The minimum absolute atomic E-state index is 0.0745. The zero-order valence-corrected chi connectivity index (χ0v) is 16.6. The summed E-state index contributed by atoms with van der Waals surface area (Å²) in [5, 5.41) is 7.35. The quantitative estimate of drug-likeness (QED) is 0.635. The van der Waals surface area contributed by atoms with Crippen molar-refractivity contribution < 1.29 is 4.79 Å². The van der Waals surface area contributed by atoms with Gasteiger partial charge in [-0.15, -0.1) is 0 Å². The van der Waals surface area contributed by atoms with Crippen molar-refractivity contribution in [3.63, 3.8) is 0 Å². The van der Waals surface area contributed by atoms with Crippen molar-refractivity contribution in [2.75, 3.05) is 13.1 Å². The molecule has 0 saturated carbocycles. The van der Waals surface area contributed by atoms with Gasteiger partial charge in [-0.3, -0.25) is 23.7 Å². The maximum Gasteiger partial charge on any atom is 0.264 e. The van der Waals surface area contributed by atoms with Gasteiger partial charge in [0, 0.05) is 20.1 Å². The Morgan fingerprint density at radius 3 is 2.61 bits per heavy atom. The number of hydrogen-bond acceptors (Lipinski definition) is 5. The van der Waals surface area contributed by atoms with Crippen LogP contribution >= 0.6 is 0 Å². The highest BCUT2D eigenvalue weighted by Crippen LogP contribution is 2.11. The Balaban J connectivity index is 1.67. The molecule has 0 aliphatic rings. The molecule has 0 aliphatic carbocycles. The van der Waals surface area contributed by atoms with E-state index in [1.54, 1.807) is 7.05 Å². The zero-order valence-electron chi connectivity index (χ0n) is 16.6. The van der Waals surface area contributed by atoms with Crippen LogP contribution in [-0.2, 0) is 31.5 Å². The van der Waals surface area contributed by atoms with E-state index < -0.39 is 0 Å². The fourth-order valence-corrected chi connectivity index (χ4v) is 3.16. The van der Waals surface area contributed by atoms with Gasteiger partial charge in [0.25, 0.3) is 5.56 Å². The second-order valence-electron chi connectivity index (χ2n) is 6.69. The molecule has 0 unspecified atom stereocenters. The second kappa shape index (κ2) is 8.79. The Morgan fingerprint density at radius 1 is 1.18 bits per heavy atom. The molecular formula is C20H26N6O2. The number of nitrogens with zero attached hydrogens (tertiary/aromatic N) is 5. The number of rotatable bonds is 8. The summed E-state index contributed by atoms with van der Waals surface area (Å²) >= 11 is 0. The van der Waals surface area contributed by atoms with Gasteiger partial charge in [-0.25, -0.2) is 4.98 Å². The van der Waals surface area contributed by atoms with Crippen molar-refractivity contribution in [1.82, 2.24) is 29.5 Å². The molecule has 2 aromatic heterocycles. The van der Waals surface area contributed by atoms with Crippen molar-refractivity contribution in [3.05, 3.63) is 58.3 Å². The van der Waals surface area contributed by atoms with Gasteiger partial charge in [0.05, 0.1) is 6.20 Å². The summed E-state index contributed by atoms with van der Waals surface area (Å²) in [5.41, 5.74) is 2.51. The molecule has 1 aromatic carbocycles. The lowest BCUT2D eigenvalue weighted by Gasteiger charge is -2.20. The molecule has 2 heterocycles. The predicted molar refractivity (Wildman–Crippen MR) is 108 cm³/mol. The third kappa shape index (κ3) is 4.28. The average molecular weight is 382 g/mol. The Kier molecular flexibility index (Phi) is 6.20. The number of aromatic nitrogens is 4. The van der Waals surface area contributed by atoms with Crippen LogP contribution in [0.4, 0.5) is 0 Å². The Labute approximate surface area is 163 Å². The highest BCUT2D eigenvalue weighted by Gasteiger charge is 2.12. The van der Waals surface area contributed by atoms with Crippen LogP contribution in [0, 0.1) is 0 Å². The van der Waals surface area contributed by atoms with Gasteiger partial charge < -0.3 is 5.32 Å². The lowest BCUT2D eigenvalue weighted by Crippen LogP contribution is -2.32. The molecule has 0 aliphatic heterocycles. The number of fused-ring (bicyclic) bond motifs is 1. The van der Waals surface area contributed by atoms with Crippen LogP contribution in [0.5, 0.6) is 0 Å². The fraction of sp³-hybridized carbons (Fsp3) is 0.400. The molecule has 0 fully saturated rings. The molecule has 0 bridgehead atoms. The summed E-state index contributed by atoms with van der Waals surface area (Å²) in [6, 6.07) is 8.09. The molecule has 3 aromatic rings. The van der Waals surface area contributed by atoms with Crippen LogP contribution in [0.2, 0.25) is 0 Å². The highest BCUT2D eigenvalue weighted by molar-refractivity contribution is 5.77.